The third kappa shape index (κ3) is 2.64. The molecular formula is C14H14F3N. The summed E-state index contributed by atoms with van der Waals surface area (Å²) >= 11 is 0. The molecule has 0 bridgehead atoms. The van der Waals surface area contributed by atoms with Crippen LogP contribution in [0.25, 0.3) is 10.8 Å². The van der Waals surface area contributed by atoms with E-state index in [9.17, 15) is 13.2 Å². The summed E-state index contributed by atoms with van der Waals surface area (Å²) in [5.41, 5.74) is 5.93. The lowest BCUT2D eigenvalue weighted by atomic mass is 9.94. The molecule has 0 radical (unpaired) electrons. The van der Waals surface area contributed by atoms with Gasteiger partial charge in [0.25, 0.3) is 0 Å². The summed E-state index contributed by atoms with van der Waals surface area (Å²) < 4.78 is 38.2. The lowest BCUT2D eigenvalue weighted by Gasteiger charge is -2.19. The minimum Gasteiger partial charge on any atom is -0.330 e. The van der Waals surface area contributed by atoms with Crippen molar-refractivity contribution < 1.29 is 13.2 Å². The van der Waals surface area contributed by atoms with E-state index in [-0.39, 0.29) is 13.0 Å². The molecule has 1 nitrogen and oxygen atoms in total. The highest BCUT2D eigenvalue weighted by Gasteiger charge is 2.38. The van der Waals surface area contributed by atoms with Crippen molar-refractivity contribution in [1.29, 1.82) is 0 Å². The average molecular weight is 253 g/mol. The standard InChI is InChI=1S/C14H14F3N/c15-14(16,17)12(9-18)8-11-6-3-5-10-4-1-2-7-13(10)11/h1-7,12H,8-9,18H2. The second-order valence-electron chi connectivity index (χ2n) is 4.32. The van der Waals surface area contributed by atoms with Crippen LogP contribution in [0.2, 0.25) is 0 Å². The van der Waals surface area contributed by atoms with Gasteiger partial charge in [-0.1, -0.05) is 42.5 Å². The third-order valence-electron chi connectivity index (χ3n) is 3.09. The van der Waals surface area contributed by atoms with E-state index in [2.05, 4.69) is 0 Å². The molecule has 2 N–H and O–H groups in total. The number of fused-ring (bicyclic) bond motifs is 1. The van der Waals surface area contributed by atoms with E-state index in [0.29, 0.717) is 5.56 Å². The topological polar surface area (TPSA) is 26.0 Å². The lowest BCUT2D eigenvalue weighted by molar-refractivity contribution is -0.171. The molecule has 2 aromatic rings. The number of halogens is 3. The van der Waals surface area contributed by atoms with E-state index in [4.69, 9.17) is 5.73 Å². The molecule has 0 fully saturated rings. The first-order valence-electron chi connectivity index (χ1n) is 5.76. The highest BCUT2D eigenvalue weighted by molar-refractivity contribution is 5.85. The molecule has 0 heterocycles. The zero-order valence-corrected chi connectivity index (χ0v) is 9.74. The Morgan fingerprint density at radius 2 is 1.67 bits per heavy atom. The van der Waals surface area contributed by atoms with Crippen molar-refractivity contribution in [1.82, 2.24) is 0 Å². The second kappa shape index (κ2) is 4.98. The van der Waals surface area contributed by atoms with Gasteiger partial charge in [-0.05, 0) is 22.8 Å². The lowest BCUT2D eigenvalue weighted by Crippen LogP contribution is -2.32. The summed E-state index contributed by atoms with van der Waals surface area (Å²) in [5, 5.41) is 1.82. The average Bonchev–Trinajstić information content (AvgIpc) is 2.34. The van der Waals surface area contributed by atoms with Crippen molar-refractivity contribution in [3.8, 4) is 0 Å². The Kier molecular flexibility index (Phi) is 3.57. The number of hydrogen-bond acceptors (Lipinski definition) is 1. The number of benzene rings is 2. The van der Waals surface area contributed by atoms with Crippen LogP contribution in [0.5, 0.6) is 0 Å². The van der Waals surface area contributed by atoms with E-state index in [0.717, 1.165) is 10.8 Å². The summed E-state index contributed by atoms with van der Waals surface area (Å²) in [5.74, 6) is -1.48. The molecule has 0 aromatic heterocycles. The second-order valence-corrected chi connectivity index (χ2v) is 4.32. The third-order valence-corrected chi connectivity index (χ3v) is 3.09. The molecule has 0 spiro atoms. The summed E-state index contributed by atoms with van der Waals surface area (Å²) in [4.78, 5) is 0. The summed E-state index contributed by atoms with van der Waals surface area (Å²) in [6.45, 7) is -0.382. The molecule has 0 aliphatic rings. The summed E-state index contributed by atoms with van der Waals surface area (Å²) in [6, 6.07) is 12.8. The van der Waals surface area contributed by atoms with E-state index >= 15 is 0 Å². The van der Waals surface area contributed by atoms with Crippen LogP contribution in [0.15, 0.2) is 42.5 Å². The van der Waals surface area contributed by atoms with E-state index in [1.54, 1.807) is 12.1 Å². The maximum absolute atomic E-state index is 12.7. The molecule has 0 amide bonds. The molecule has 18 heavy (non-hydrogen) atoms. The predicted octanol–water partition coefficient (Wildman–Crippen LogP) is 3.52. The highest BCUT2D eigenvalue weighted by Crippen LogP contribution is 2.30. The molecular weight excluding hydrogens is 239 g/mol. The Hall–Kier alpha value is -1.55. The Morgan fingerprint density at radius 3 is 2.33 bits per heavy atom. The molecule has 0 saturated heterocycles. The van der Waals surface area contributed by atoms with Gasteiger partial charge in [-0.3, -0.25) is 0 Å². The van der Waals surface area contributed by atoms with Crippen LogP contribution in [0, 0.1) is 5.92 Å². The number of rotatable bonds is 3. The van der Waals surface area contributed by atoms with Crippen molar-refractivity contribution in [3.05, 3.63) is 48.0 Å². The van der Waals surface area contributed by atoms with Crippen molar-refractivity contribution in [2.45, 2.75) is 12.6 Å². The number of hydrogen-bond donors (Lipinski definition) is 1. The molecule has 1 atom stereocenters. The smallest absolute Gasteiger partial charge is 0.330 e. The van der Waals surface area contributed by atoms with Crippen LogP contribution in [-0.4, -0.2) is 12.7 Å². The van der Waals surface area contributed by atoms with E-state index in [1.807, 2.05) is 30.3 Å². The van der Waals surface area contributed by atoms with Gasteiger partial charge in [-0.2, -0.15) is 13.2 Å². The Bertz CT molecular complexity index is 529. The molecule has 0 aliphatic carbocycles. The first-order chi connectivity index (χ1) is 8.52. The molecule has 96 valence electrons. The van der Waals surface area contributed by atoms with Gasteiger partial charge < -0.3 is 5.73 Å². The van der Waals surface area contributed by atoms with Crippen LogP contribution in [0.4, 0.5) is 13.2 Å². The molecule has 2 aromatic carbocycles. The fraction of sp³-hybridized carbons (Fsp3) is 0.286. The predicted molar refractivity (Wildman–Crippen MR) is 66.3 cm³/mol. The zero-order valence-electron chi connectivity index (χ0n) is 9.74. The minimum absolute atomic E-state index is 0.0681. The fourth-order valence-corrected chi connectivity index (χ4v) is 2.07. The Balaban J connectivity index is 2.37. The fourth-order valence-electron chi connectivity index (χ4n) is 2.07. The van der Waals surface area contributed by atoms with Crippen molar-refractivity contribution in [2.24, 2.45) is 11.7 Å². The van der Waals surface area contributed by atoms with Gasteiger partial charge in [0, 0.05) is 6.54 Å². The van der Waals surface area contributed by atoms with Gasteiger partial charge >= 0.3 is 6.18 Å². The molecule has 2 rings (SSSR count). The van der Waals surface area contributed by atoms with Crippen LogP contribution in [0.1, 0.15) is 5.56 Å². The van der Waals surface area contributed by atoms with Crippen molar-refractivity contribution in [3.63, 3.8) is 0 Å². The maximum Gasteiger partial charge on any atom is 0.393 e. The van der Waals surface area contributed by atoms with Crippen LogP contribution >= 0.6 is 0 Å². The molecule has 0 saturated carbocycles. The van der Waals surface area contributed by atoms with Gasteiger partial charge in [0.05, 0.1) is 5.92 Å². The van der Waals surface area contributed by atoms with Crippen LogP contribution in [0.3, 0.4) is 0 Å². The monoisotopic (exact) mass is 253 g/mol. The zero-order chi connectivity index (χ0) is 13.2. The summed E-state index contributed by atoms with van der Waals surface area (Å²) in [7, 11) is 0. The first-order valence-corrected chi connectivity index (χ1v) is 5.76. The van der Waals surface area contributed by atoms with Gasteiger partial charge in [-0.15, -0.1) is 0 Å². The van der Waals surface area contributed by atoms with Crippen LogP contribution < -0.4 is 5.73 Å². The number of alkyl halides is 3. The molecule has 1 unspecified atom stereocenters. The van der Waals surface area contributed by atoms with Gasteiger partial charge in [-0.25, -0.2) is 0 Å². The molecule has 0 aliphatic heterocycles. The highest BCUT2D eigenvalue weighted by atomic mass is 19.4. The summed E-state index contributed by atoms with van der Waals surface area (Å²) in [6.07, 6.45) is -4.31. The normalized spacial score (nSPS) is 13.8. The Labute approximate surface area is 103 Å². The largest absolute Gasteiger partial charge is 0.393 e. The van der Waals surface area contributed by atoms with Gasteiger partial charge in [0.2, 0.25) is 0 Å². The number of nitrogens with two attached hydrogens (primary N) is 1. The van der Waals surface area contributed by atoms with Crippen molar-refractivity contribution in [2.75, 3.05) is 6.54 Å². The van der Waals surface area contributed by atoms with Crippen molar-refractivity contribution >= 4 is 10.8 Å². The maximum atomic E-state index is 12.7. The first kappa shape index (κ1) is 12.9. The Morgan fingerprint density at radius 1 is 1.00 bits per heavy atom. The minimum atomic E-state index is -4.24. The quantitative estimate of drug-likeness (QED) is 0.889. The van der Waals surface area contributed by atoms with Crippen LogP contribution in [-0.2, 0) is 6.42 Å². The van der Waals surface area contributed by atoms with E-state index < -0.39 is 12.1 Å². The molecule has 4 heteroatoms. The van der Waals surface area contributed by atoms with Gasteiger partial charge in [0.15, 0.2) is 0 Å². The SMILES string of the molecule is NCC(Cc1cccc2ccccc12)C(F)(F)F. The van der Waals surface area contributed by atoms with Gasteiger partial charge in [0.1, 0.15) is 0 Å². The van der Waals surface area contributed by atoms with E-state index in [1.165, 1.54) is 0 Å².